The van der Waals surface area contributed by atoms with E-state index >= 15 is 0 Å². The summed E-state index contributed by atoms with van der Waals surface area (Å²) >= 11 is 0. The van der Waals surface area contributed by atoms with Crippen molar-refractivity contribution in [3.8, 4) is 5.75 Å². The Morgan fingerprint density at radius 2 is 2.21 bits per heavy atom. The van der Waals surface area contributed by atoms with E-state index < -0.39 is 0 Å². The zero-order chi connectivity index (χ0) is 16.4. The third-order valence-electron chi connectivity index (χ3n) is 4.64. The van der Waals surface area contributed by atoms with Crippen molar-refractivity contribution in [2.45, 2.75) is 38.5 Å². The molecule has 0 aromatic carbocycles. The van der Waals surface area contributed by atoms with Gasteiger partial charge in [-0.15, -0.1) is 0 Å². The maximum absolute atomic E-state index is 12.9. The maximum atomic E-state index is 12.9. The van der Waals surface area contributed by atoms with E-state index in [-0.39, 0.29) is 12.0 Å². The van der Waals surface area contributed by atoms with Crippen molar-refractivity contribution in [3.63, 3.8) is 0 Å². The van der Waals surface area contributed by atoms with E-state index in [4.69, 9.17) is 4.74 Å². The molecule has 0 saturated heterocycles. The minimum absolute atomic E-state index is 0.0891. The highest BCUT2D eigenvalue weighted by molar-refractivity contribution is 5.93. The Morgan fingerprint density at radius 1 is 1.25 bits per heavy atom. The van der Waals surface area contributed by atoms with Gasteiger partial charge in [0.15, 0.2) is 0 Å². The number of hydrogen-bond acceptors (Lipinski definition) is 3. The van der Waals surface area contributed by atoms with Crippen LogP contribution in [0.4, 0.5) is 0 Å². The summed E-state index contributed by atoms with van der Waals surface area (Å²) in [7, 11) is 0. The van der Waals surface area contributed by atoms with Crippen LogP contribution in [0.15, 0.2) is 54.5 Å². The molecular weight excluding hydrogens is 302 g/mol. The lowest BCUT2D eigenvalue weighted by atomic mass is 10.2. The summed E-state index contributed by atoms with van der Waals surface area (Å²) in [6, 6.07) is 7.87. The van der Waals surface area contributed by atoms with Crippen LogP contribution in [0.1, 0.15) is 25.0 Å². The molecule has 0 radical (unpaired) electrons. The van der Waals surface area contributed by atoms with Crippen LogP contribution in [0.25, 0.3) is 0 Å². The number of ether oxygens (including phenoxy) is 1. The average molecular weight is 323 g/mol. The molecule has 124 valence electrons. The minimum Gasteiger partial charge on any atom is -0.485 e. The first-order valence-electron chi connectivity index (χ1n) is 8.48. The first-order valence-corrected chi connectivity index (χ1v) is 8.48. The van der Waals surface area contributed by atoms with Gasteiger partial charge in [0, 0.05) is 23.7 Å². The van der Waals surface area contributed by atoms with E-state index in [0.29, 0.717) is 13.1 Å². The summed E-state index contributed by atoms with van der Waals surface area (Å²) in [6.45, 7) is 1.96. The monoisotopic (exact) mass is 323 g/mol. The highest BCUT2D eigenvalue weighted by Crippen LogP contribution is 2.23. The number of fused-ring (bicyclic) bond motifs is 1. The molecule has 4 rings (SSSR count). The van der Waals surface area contributed by atoms with Gasteiger partial charge in [-0.05, 0) is 43.5 Å². The SMILES string of the molecule is O=C(C1=CCCC1)N1Cc2cccn2C[C@H](Oc2cccnc2)C1. The first kappa shape index (κ1) is 15.0. The normalized spacial score (nSPS) is 20.2. The van der Waals surface area contributed by atoms with E-state index in [0.717, 1.165) is 42.8 Å². The van der Waals surface area contributed by atoms with E-state index in [1.165, 1.54) is 0 Å². The molecule has 2 aromatic rings. The third-order valence-corrected chi connectivity index (χ3v) is 4.64. The summed E-state index contributed by atoms with van der Waals surface area (Å²) in [5.74, 6) is 0.896. The summed E-state index contributed by atoms with van der Waals surface area (Å²) in [6.07, 6.45) is 10.5. The van der Waals surface area contributed by atoms with Crippen LogP contribution in [0, 0.1) is 0 Å². The van der Waals surface area contributed by atoms with Crippen LogP contribution in [0.2, 0.25) is 0 Å². The molecule has 1 aliphatic heterocycles. The molecule has 0 fully saturated rings. The van der Waals surface area contributed by atoms with Gasteiger partial charge in [0.25, 0.3) is 0 Å². The Morgan fingerprint density at radius 3 is 3.00 bits per heavy atom. The predicted molar refractivity (Wildman–Crippen MR) is 90.4 cm³/mol. The van der Waals surface area contributed by atoms with Crippen LogP contribution in [0.3, 0.4) is 0 Å². The third kappa shape index (κ3) is 3.07. The number of amides is 1. The van der Waals surface area contributed by atoms with Crippen LogP contribution in [0.5, 0.6) is 5.75 Å². The Kier molecular flexibility index (Phi) is 4.07. The smallest absolute Gasteiger partial charge is 0.249 e. The van der Waals surface area contributed by atoms with E-state index in [2.05, 4.69) is 27.9 Å². The second-order valence-electron chi connectivity index (χ2n) is 6.39. The maximum Gasteiger partial charge on any atom is 0.249 e. The van der Waals surface area contributed by atoms with Crippen LogP contribution >= 0.6 is 0 Å². The lowest BCUT2D eigenvalue weighted by Gasteiger charge is -2.25. The van der Waals surface area contributed by atoms with Crippen LogP contribution < -0.4 is 4.74 Å². The lowest BCUT2D eigenvalue weighted by molar-refractivity contribution is -0.128. The molecule has 1 amide bonds. The molecule has 24 heavy (non-hydrogen) atoms. The van der Waals surface area contributed by atoms with Crippen LogP contribution in [-0.4, -0.2) is 33.0 Å². The van der Waals surface area contributed by atoms with Crippen molar-refractivity contribution in [1.82, 2.24) is 14.5 Å². The molecular formula is C19H21N3O2. The van der Waals surface area contributed by atoms with Crippen molar-refractivity contribution in [3.05, 3.63) is 60.2 Å². The number of rotatable bonds is 3. The van der Waals surface area contributed by atoms with E-state index in [1.807, 2.05) is 23.1 Å². The molecule has 1 atom stereocenters. The van der Waals surface area contributed by atoms with Gasteiger partial charge in [-0.1, -0.05) is 6.08 Å². The number of carbonyl (C=O) groups excluding carboxylic acids is 1. The predicted octanol–water partition coefficient (Wildman–Crippen LogP) is 2.78. The standard InChI is InChI=1S/C19H21N3O2/c23-19(15-5-1-2-6-15)22-12-16-7-4-10-21(16)13-18(14-22)24-17-8-3-9-20-11-17/h3-5,7-11,18H,1-2,6,12-14H2/t18-/m0/s1. The number of nitrogens with zero attached hydrogens (tertiary/aromatic N) is 3. The molecule has 1 aliphatic carbocycles. The highest BCUT2D eigenvalue weighted by atomic mass is 16.5. The van der Waals surface area contributed by atoms with Gasteiger partial charge in [-0.2, -0.15) is 0 Å². The largest absolute Gasteiger partial charge is 0.485 e. The average Bonchev–Trinajstić information content (AvgIpc) is 3.24. The zero-order valence-electron chi connectivity index (χ0n) is 13.6. The summed E-state index contributed by atoms with van der Waals surface area (Å²) in [5.41, 5.74) is 2.11. The molecule has 3 heterocycles. The molecule has 5 nitrogen and oxygen atoms in total. The second kappa shape index (κ2) is 6.51. The Bertz CT molecular complexity index is 751. The number of aromatic nitrogens is 2. The number of allylic oxidation sites excluding steroid dienone is 1. The first-order chi connectivity index (χ1) is 11.8. The van der Waals surface area contributed by atoms with Gasteiger partial charge >= 0.3 is 0 Å². The van der Waals surface area contributed by atoms with Gasteiger partial charge in [0.05, 0.1) is 25.8 Å². The summed E-state index contributed by atoms with van der Waals surface area (Å²) < 4.78 is 8.29. The number of hydrogen-bond donors (Lipinski definition) is 0. The molecule has 0 bridgehead atoms. The van der Waals surface area contributed by atoms with Crippen molar-refractivity contribution in [1.29, 1.82) is 0 Å². The zero-order valence-corrected chi connectivity index (χ0v) is 13.6. The number of pyridine rings is 1. The van der Waals surface area contributed by atoms with Crippen LogP contribution in [-0.2, 0) is 17.9 Å². The quantitative estimate of drug-likeness (QED) is 0.872. The van der Waals surface area contributed by atoms with Gasteiger partial charge < -0.3 is 14.2 Å². The molecule has 2 aliphatic rings. The molecule has 5 heteroatoms. The molecule has 0 saturated carbocycles. The van der Waals surface area contributed by atoms with Crippen molar-refractivity contribution in [2.75, 3.05) is 6.54 Å². The van der Waals surface area contributed by atoms with E-state index in [9.17, 15) is 4.79 Å². The van der Waals surface area contributed by atoms with Crippen molar-refractivity contribution < 1.29 is 9.53 Å². The summed E-state index contributed by atoms with van der Waals surface area (Å²) in [5, 5.41) is 0. The van der Waals surface area contributed by atoms with Crippen molar-refractivity contribution in [2.24, 2.45) is 0 Å². The Hall–Kier alpha value is -2.56. The lowest BCUT2D eigenvalue weighted by Crippen LogP contribution is -2.39. The molecule has 0 N–H and O–H groups in total. The summed E-state index contributed by atoms with van der Waals surface area (Å²) in [4.78, 5) is 18.9. The highest BCUT2D eigenvalue weighted by Gasteiger charge is 2.28. The molecule has 2 aromatic heterocycles. The molecule has 0 spiro atoms. The topological polar surface area (TPSA) is 47.4 Å². The van der Waals surface area contributed by atoms with E-state index in [1.54, 1.807) is 12.4 Å². The molecule has 0 unspecified atom stereocenters. The minimum atomic E-state index is -0.0891. The second-order valence-corrected chi connectivity index (χ2v) is 6.39. The fourth-order valence-corrected chi connectivity index (χ4v) is 3.46. The Labute approximate surface area is 141 Å². The fraction of sp³-hybridized carbons (Fsp3) is 0.368. The number of carbonyl (C=O) groups is 1. The van der Waals surface area contributed by atoms with Gasteiger partial charge in [0.2, 0.25) is 5.91 Å². The van der Waals surface area contributed by atoms with Gasteiger partial charge in [-0.3, -0.25) is 9.78 Å². The van der Waals surface area contributed by atoms with Gasteiger partial charge in [-0.25, -0.2) is 0 Å². The Balaban J connectivity index is 1.57. The fourth-order valence-electron chi connectivity index (χ4n) is 3.46. The van der Waals surface area contributed by atoms with Gasteiger partial charge in [0.1, 0.15) is 11.9 Å². The van der Waals surface area contributed by atoms with Crippen molar-refractivity contribution >= 4 is 5.91 Å².